The lowest BCUT2D eigenvalue weighted by Gasteiger charge is -2.27. The van der Waals surface area contributed by atoms with Gasteiger partial charge in [0.2, 0.25) is 11.3 Å². The zero-order chi connectivity index (χ0) is 20.9. The van der Waals surface area contributed by atoms with Gasteiger partial charge >= 0.3 is 0 Å². The second-order valence-electron chi connectivity index (χ2n) is 7.65. The van der Waals surface area contributed by atoms with E-state index in [2.05, 4.69) is 15.3 Å². The molecule has 0 saturated carbocycles. The van der Waals surface area contributed by atoms with Gasteiger partial charge in [-0.25, -0.2) is 4.39 Å². The Kier molecular flexibility index (Phi) is 6.07. The molecule has 7 heteroatoms. The van der Waals surface area contributed by atoms with Crippen molar-refractivity contribution in [3.05, 3.63) is 64.7 Å². The minimum Gasteiger partial charge on any atom is -0.369 e. The number of para-hydroxylation sites is 1. The maximum absolute atomic E-state index is 14.8. The number of rotatable bonds is 4. The summed E-state index contributed by atoms with van der Waals surface area (Å²) >= 11 is 0. The molecule has 0 spiro atoms. The number of carbonyl (C=O) groups excluding carboxylic acids is 1. The lowest BCUT2D eigenvalue weighted by Crippen LogP contribution is -2.28. The molecule has 1 N–H and O–H groups in total. The van der Waals surface area contributed by atoms with Crippen molar-refractivity contribution >= 4 is 28.2 Å². The summed E-state index contributed by atoms with van der Waals surface area (Å²) in [6, 6.07) is 11.8. The maximum Gasteiger partial charge on any atom is 0.246 e. The number of amides is 1. The second-order valence-corrected chi connectivity index (χ2v) is 7.65. The number of hydrogen-bond acceptors (Lipinski definition) is 4. The van der Waals surface area contributed by atoms with Gasteiger partial charge in [0.1, 0.15) is 12.4 Å². The lowest BCUT2D eigenvalue weighted by atomic mass is 10.1. The van der Waals surface area contributed by atoms with Gasteiger partial charge in [0.15, 0.2) is 0 Å². The summed E-state index contributed by atoms with van der Waals surface area (Å²) in [6.07, 6.45) is 6.95. The van der Waals surface area contributed by atoms with Gasteiger partial charge in [-0.2, -0.15) is 5.10 Å². The fraction of sp³-hybridized carbons (Fsp3) is 0.348. The van der Waals surface area contributed by atoms with Crippen molar-refractivity contribution in [2.45, 2.75) is 38.6 Å². The van der Waals surface area contributed by atoms with Crippen molar-refractivity contribution in [2.75, 3.05) is 23.3 Å². The fourth-order valence-corrected chi connectivity index (χ4v) is 3.95. The predicted molar refractivity (Wildman–Crippen MR) is 116 cm³/mol. The Morgan fingerprint density at radius 3 is 2.53 bits per heavy atom. The van der Waals surface area contributed by atoms with E-state index in [0.717, 1.165) is 25.9 Å². The average molecular weight is 408 g/mol. The van der Waals surface area contributed by atoms with Gasteiger partial charge < -0.3 is 10.2 Å². The smallest absolute Gasteiger partial charge is 0.246 e. The Labute approximate surface area is 174 Å². The first kappa shape index (κ1) is 20.1. The van der Waals surface area contributed by atoms with Gasteiger partial charge in [0, 0.05) is 24.2 Å². The molecule has 1 saturated heterocycles. The standard InChI is InChI=1S/C23H25FN4O2/c24-19-14-17(10-11-21(19)27-12-6-2-1-3-7-13-27)26-23(30)16-28-20-9-5-4-8-18(20)22(29)15-25-28/h4-5,8-11,14-15H,1-3,6-7,12-13,16H2,(H,26,30). The molecule has 0 aliphatic carbocycles. The van der Waals surface area contributed by atoms with Crippen molar-refractivity contribution in [2.24, 2.45) is 0 Å². The van der Waals surface area contributed by atoms with E-state index < -0.39 is 0 Å². The van der Waals surface area contributed by atoms with Crippen LogP contribution in [0.3, 0.4) is 0 Å². The molecule has 0 radical (unpaired) electrons. The summed E-state index contributed by atoms with van der Waals surface area (Å²) in [5.41, 5.74) is 1.38. The molecule has 2 aromatic carbocycles. The van der Waals surface area contributed by atoms with Crippen LogP contribution >= 0.6 is 0 Å². The number of aromatic nitrogens is 2. The Morgan fingerprint density at radius 1 is 1.03 bits per heavy atom. The van der Waals surface area contributed by atoms with E-state index in [9.17, 15) is 14.0 Å². The van der Waals surface area contributed by atoms with E-state index >= 15 is 0 Å². The van der Waals surface area contributed by atoms with Crippen LogP contribution in [0.2, 0.25) is 0 Å². The summed E-state index contributed by atoms with van der Waals surface area (Å²) in [7, 11) is 0. The van der Waals surface area contributed by atoms with Crippen molar-refractivity contribution in [3.63, 3.8) is 0 Å². The number of halogens is 1. The minimum absolute atomic E-state index is 0.0731. The highest BCUT2D eigenvalue weighted by Crippen LogP contribution is 2.25. The average Bonchev–Trinajstić information content (AvgIpc) is 2.71. The number of nitrogens with one attached hydrogen (secondary N) is 1. The van der Waals surface area contributed by atoms with E-state index in [-0.39, 0.29) is 23.7 Å². The maximum atomic E-state index is 14.8. The molecule has 3 aromatic rings. The molecule has 6 nitrogen and oxygen atoms in total. The normalized spacial score (nSPS) is 14.9. The van der Waals surface area contributed by atoms with Gasteiger partial charge in [-0.3, -0.25) is 14.3 Å². The highest BCUT2D eigenvalue weighted by molar-refractivity contribution is 5.91. The van der Waals surface area contributed by atoms with Crippen molar-refractivity contribution in [1.82, 2.24) is 9.78 Å². The number of carbonyl (C=O) groups is 1. The Bertz CT molecular complexity index is 1100. The topological polar surface area (TPSA) is 67.2 Å². The monoisotopic (exact) mass is 408 g/mol. The van der Waals surface area contributed by atoms with Crippen molar-refractivity contribution in [3.8, 4) is 0 Å². The third kappa shape index (κ3) is 4.50. The molecule has 1 amide bonds. The summed E-state index contributed by atoms with van der Waals surface area (Å²) in [4.78, 5) is 26.5. The summed E-state index contributed by atoms with van der Waals surface area (Å²) in [6.45, 7) is 1.64. The molecule has 1 aliphatic rings. The Balaban J connectivity index is 1.47. The van der Waals surface area contributed by atoms with E-state index in [0.29, 0.717) is 22.3 Å². The second kappa shape index (κ2) is 9.07. The van der Waals surface area contributed by atoms with Crippen LogP contribution in [-0.4, -0.2) is 28.8 Å². The molecule has 1 aliphatic heterocycles. The van der Waals surface area contributed by atoms with Crippen molar-refractivity contribution < 1.29 is 9.18 Å². The number of benzene rings is 2. The molecule has 4 rings (SSSR count). The van der Waals surface area contributed by atoms with Gasteiger partial charge in [0.25, 0.3) is 0 Å². The van der Waals surface area contributed by atoms with Gasteiger partial charge in [-0.1, -0.05) is 31.4 Å². The first-order valence-corrected chi connectivity index (χ1v) is 10.4. The number of anilines is 2. The van der Waals surface area contributed by atoms with Crippen LogP contribution in [0.5, 0.6) is 0 Å². The SMILES string of the molecule is O=C(Cn1ncc(=O)c2ccccc21)Nc1ccc(N2CCCCCCC2)c(F)c1. The van der Waals surface area contributed by atoms with Crippen LogP contribution in [0.25, 0.3) is 10.9 Å². The van der Waals surface area contributed by atoms with Gasteiger partial charge in [-0.05, 0) is 43.2 Å². The Hall–Kier alpha value is -3.22. The number of fused-ring (bicyclic) bond motifs is 1. The van der Waals surface area contributed by atoms with Gasteiger partial charge in [0.05, 0.1) is 17.4 Å². The Morgan fingerprint density at radius 2 is 1.77 bits per heavy atom. The molecule has 30 heavy (non-hydrogen) atoms. The fourth-order valence-electron chi connectivity index (χ4n) is 3.95. The molecule has 1 fully saturated rings. The summed E-state index contributed by atoms with van der Waals surface area (Å²) in [5, 5.41) is 7.29. The largest absolute Gasteiger partial charge is 0.369 e. The van der Waals surface area contributed by atoms with Crippen LogP contribution < -0.4 is 15.6 Å². The highest BCUT2D eigenvalue weighted by Gasteiger charge is 2.15. The first-order valence-electron chi connectivity index (χ1n) is 10.4. The number of hydrogen-bond donors (Lipinski definition) is 1. The summed E-state index contributed by atoms with van der Waals surface area (Å²) in [5.74, 6) is -0.671. The molecule has 1 aromatic heterocycles. The van der Waals surface area contributed by atoms with Crippen LogP contribution in [-0.2, 0) is 11.3 Å². The first-order chi connectivity index (χ1) is 14.6. The third-order valence-electron chi connectivity index (χ3n) is 5.48. The molecular weight excluding hydrogens is 383 g/mol. The predicted octanol–water partition coefficient (Wildman–Crippen LogP) is 3.94. The third-order valence-corrected chi connectivity index (χ3v) is 5.48. The minimum atomic E-state index is -0.338. The zero-order valence-corrected chi connectivity index (χ0v) is 16.8. The van der Waals surface area contributed by atoms with Crippen LogP contribution in [0, 0.1) is 5.82 Å². The molecule has 0 bridgehead atoms. The van der Waals surface area contributed by atoms with Crippen LogP contribution in [0.1, 0.15) is 32.1 Å². The lowest BCUT2D eigenvalue weighted by molar-refractivity contribution is -0.116. The van der Waals surface area contributed by atoms with E-state index in [1.165, 1.54) is 36.2 Å². The van der Waals surface area contributed by atoms with Crippen molar-refractivity contribution in [1.29, 1.82) is 0 Å². The highest BCUT2D eigenvalue weighted by atomic mass is 19.1. The zero-order valence-electron chi connectivity index (χ0n) is 16.8. The van der Waals surface area contributed by atoms with E-state index in [1.807, 2.05) is 0 Å². The quantitative estimate of drug-likeness (QED) is 0.710. The van der Waals surface area contributed by atoms with E-state index in [4.69, 9.17) is 0 Å². The number of nitrogens with zero attached hydrogens (tertiary/aromatic N) is 3. The molecule has 0 atom stereocenters. The van der Waals surface area contributed by atoms with E-state index in [1.54, 1.807) is 36.4 Å². The molecule has 156 valence electrons. The molecular formula is C23H25FN4O2. The van der Waals surface area contributed by atoms with Gasteiger partial charge in [-0.15, -0.1) is 0 Å². The van der Waals surface area contributed by atoms with Crippen LogP contribution in [0.15, 0.2) is 53.5 Å². The molecule has 2 heterocycles. The summed E-state index contributed by atoms with van der Waals surface area (Å²) < 4.78 is 16.2. The molecule has 0 unspecified atom stereocenters. The van der Waals surface area contributed by atoms with Crippen LogP contribution in [0.4, 0.5) is 15.8 Å².